The van der Waals surface area contributed by atoms with Gasteiger partial charge in [0.15, 0.2) is 0 Å². The average Bonchev–Trinajstić information content (AvgIpc) is 2.38. The van der Waals surface area contributed by atoms with E-state index in [0.717, 1.165) is 31.6 Å². The number of fused-ring (bicyclic) bond motifs is 1. The molecule has 1 aliphatic carbocycles. The molecule has 0 aliphatic heterocycles. The van der Waals surface area contributed by atoms with Crippen molar-refractivity contribution in [3.63, 3.8) is 0 Å². The molecular weight excluding hydrogens is 291 g/mol. The number of benzene rings is 1. The van der Waals surface area contributed by atoms with Crippen LogP contribution in [0.15, 0.2) is 30.9 Å². The molecule has 1 aromatic carbocycles. The van der Waals surface area contributed by atoms with Crippen LogP contribution in [-0.4, -0.2) is 24.0 Å². The molecule has 0 radical (unpaired) electrons. The first kappa shape index (κ1) is 19.3. The molecule has 2 N–H and O–H groups in total. The van der Waals surface area contributed by atoms with Crippen molar-refractivity contribution in [2.75, 3.05) is 18.8 Å². The lowest BCUT2D eigenvalue weighted by Gasteiger charge is -2.34. The van der Waals surface area contributed by atoms with E-state index in [-0.39, 0.29) is 24.8 Å². The first-order valence-electron chi connectivity index (χ1n) is 6.97. The van der Waals surface area contributed by atoms with Gasteiger partial charge in [0.05, 0.1) is 0 Å². The summed E-state index contributed by atoms with van der Waals surface area (Å²) >= 11 is 0. The average molecular weight is 317 g/mol. The van der Waals surface area contributed by atoms with Gasteiger partial charge in [-0.25, -0.2) is 0 Å². The third-order valence-electron chi connectivity index (χ3n) is 3.88. The van der Waals surface area contributed by atoms with Gasteiger partial charge in [-0.3, -0.25) is 4.90 Å². The molecule has 0 spiro atoms. The predicted molar refractivity (Wildman–Crippen MR) is 93.2 cm³/mol. The van der Waals surface area contributed by atoms with Crippen molar-refractivity contribution < 1.29 is 0 Å². The van der Waals surface area contributed by atoms with E-state index in [9.17, 15) is 0 Å². The number of halogens is 2. The Morgan fingerprint density at radius 3 is 2.80 bits per heavy atom. The van der Waals surface area contributed by atoms with Gasteiger partial charge in [-0.1, -0.05) is 25.1 Å². The lowest BCUT2D eigenvalue weighted by molar-refractivity contribution is 0.199. The van der Waals surface area contributed by atoms with Crippen molar-refractivity contribution >= 4 is 30.5 Å². The second-order valence-electron chi connectivity index (χ2n) is 5.17. The summed E-state index contributed by atoms with van der Waals surface area (Å²) in [5.41, 5.74) is 9.84. The maximum atomic E-state index is 6.05. The van der Waals surface area contributed by atoms with Crippen LogP contribution in [0.1, 0.15) is 30.9 Å². The Hall–Kier alpha value is -0.700. The highest BCUT2D eigenvalue weighted by molar-refractivity contribution is 5.85. The second-order valence-corrected chi connectivity index (χ2v) is 5.17. The molecule has 2 nitrogen and oxygen atoms in total. The van der Waals surface area contributed by atoms with Crippen molar-refractivity contribution in [3.8, 4) is 0 Å². The quantitative estimate of drug-likeness (QED) is 0.660. The minimum atomic E-state index is 0. The molecule has 0 saturated carbocycles. The molecule has 4 heteroatoms. The van der Waals surface area contributed by atoms with Crippen molar-refractivity contribution in [2.24, 2.45) is 0 Å². The molecule has 1 aromatic rings. The lowest BCUT2D eigenvalue weighted by Crippen LogP contribution is -2.40. The van der Waals surface area contributed by atoms with Gasteiger partial charge < -0.3 is 5.73 Å². The highest BCUT2D eigenvalue weighted by atomic mass is 35.5. The molecule has 114 valence electrons. The molecule has 0 amide bonds. The number of nitrogens with zero attached hydrogens (tertiary/aromatic N) is 1. The molecule has 0 heterocycles. The largest absolute Gasteiger partial charge is 0.398 e. The van der Waals surface area contributed by atoms with Gasteiger partial charge in [0, 0.05) is 18.3 Å². The summed E-state index contributed by atoms with van der Waals surface area (Å²) < 4.78 is 0. The third kappa shape index (κ3) is 4.41. The zero-order chi connectivity index (χ0) is 13.0. The van der Waals surface area contributed by atoms with Gasteiger partial charge in [-0.05, 0) is 49.4 Å². The number of nitrogen functional groups attached to an aromatic ring is 1. The Balaban J connectivity index is 0.00000180. The molecular formula is C16H26Cl2N2. The second kappa shape index (κ2) is 9.28. The van der Waals surface area contributed by atoms with Gasteiger partial charge in [-0.2, -0.15) is 0 Å². The maximum absolute atomic E-state index is 6.05. The lowest BCUT2D eigenvalue weighted by atomic mass is 9.86. The number of nitrogens with two attached hydrogens (primary N) is 1. The van der Waals surface area contributed by atoms with Crippen LogP contribution in [0.4, 0.5) is 5.69 Å². The third-order valence-corrected chi connectivity index (χ3v) is 3.88. The fourth-order valence-electron chi connectivity index (χ4n) is 3.01. The van der Waals surface area contributed by atoms with Crippen LogP contribution in [0.25, 0.3) is 0 Å². The minimum Gasteiger partial charge on any atom is -0.398 e. The van der Waals surface area contributed by atoms with E-state index < -0.39 is 0 Å². The molecule has 20 heavy (non-hydrogen) atoms. The van der Waals surface area contributed by atoms with Crippen molar-refractivity contribution in [1.29, 1.82) is 0 Å². The van der Waals surface area contributed by atoms with E-state index >= 15 is 0 Å². The molecule has 0 saturated heterocycles. The maximum Gasteiger partial charge on any atom is 0.0349 e. The summed E-state index contributed by atoms with van der Waals surface area (Å²) in [5.74, 6) is 0. The summed E-state index contributed by atoms with van der Waals surface area (Å²) in [6.07, 6.45) is 6.69. The summed E-state index contributed by atoms with van der Waals surface area (Å²) in [6.45, 7) is 8.27. The molecule has 0 fully saturated rings. The Morgan fingerprint density at radius 1 is 1.40 bits per heavy atom. The summed E-state index contributed by atoms with van der Waals surface area (Å²) in [4.78, 5) is 2.55. The molecule has 1 unspecified atom stereocenters. The zero-order valence-corrected chi connectivity index (χ0v) is 13.8. The van der Waals surface area contributed by atoms with Crippen LogP contribution < -0.4 is 5.73 Å². The molecule has 2 rings (SSSR count). The van der Waals surface area contributed by atoms with Gasteiger partial charge in [0.1, 0.15) is 0 Å². The Morgan fingerprint density at radius 2 is 2.15 bits per heavy atom. The predicted octanol–water partition coefficient (Wildman–Crippen LogP) is 3.87. The molecule has 1 aliphatic rings. The Kier molecular flexibility index (Phi) is 8.95. The van der Waals surface area contributed by atoms with Crippen LogP contribution in [0, 0.1) is 0 Å². The van der Waals surface area contributed by atoms with Crippen LogP contribution in [-0.2, 0) is 12.8 Å². The molecule has 0 aromatic heterocycles. The van der Waals surface area contributed by atoms with Gasteiger partial charge >= 0.3 is 0 Å². The van der Waals surface area contributed by atoms with Gasteiger partial charge in [0.2, 0.25) is 0 Å². The smallest absolute Gasteiger partial charge is 0.0349 e. The Labute approximate surface area is 135 Å². The van der Waals surface area contributed by atoms with Gasteiger partial charge in [-0.15, -0.1) is 31.4 Å². The first-order chi connectivity index (χ1) is 8.76. The van der Waals surface area contributed by atoms with Gasteiger partial charge in [0.25, 0.3) is 0 Å². The number of anilines is 1. The van der Waals surface area contributed by atoms with E-state index in [0.29, 0.717) is 6.04 Å². The van der Waals surface area contributed by atoms with Crippen LogP contribution in [0.5, 0.6) is 0 Å². The van der Waals surface area contributed by atoms with Crippen LogP contribution in [0.3, 0.4) is 0 Å². The fraction of sp³-hybridized carbons (Fsp3) is 0.500. The molecule has 1 atom stereocenters. The minimum absolute atomic E-state index is 0. The van der Waals surface area contributed by atoms with E-state index in [4.69, 9.17) is 5.73 Å². The SMILES string of the molecule is C=CCN(CCC)C1CCc2c(N)cccc2C1.Cl.Cl. The first-order valence-corrected chi connectivity index (χ1v) is 6.97. The summed E-state index contributed by atoms with van der Waals surface area (Å²) in [6, 6.07) is 6.98. The summed E-state index contributed by atoms with van der Waals surface area (Å²) in [7, 11) is 0. The highest BCUT2D eigenvalue weighted by Gasteiger charge is 2.23. The van der Waals surface area contributed by atoms with E-state index in [1.54, 1.807) is 0 Å². The summed E-state index contributed by atoms with van der Waals surface area (Å²) in [5, 5.41) is 0. The zero-order valence-electron chi connectivity index (χ0n) is 12.2. The molecule has 0 bridgehead atoms. The van der Waals surface area contributed by atoms with Crippen molar-refractivity contribution in [1.82, 2.24) is 4.90 Å². The normalized spacial score (nSPS) is 16.8. The monoisotopic (exact) mass is 316 g/mol. The highest BCUT2D eigenvalue weighted by Crippen LogP contribution is 2.28. The van der Waals surface area contributed by atoms with E-state index in [1.165, 1.54) is 24.0 Å². The van der Waals surface area contributed by atoms with Crippen LogP contribution in [0.2, 0.25) is 0 Å². The topological polar surface area (TPSA) is 29.3 Å². The van der Waals surface area contributed by atoms with Crippen LogP contribution >= 0.6 is 24.8 Å². The number of rotatable bonds is 5. The number of hydrogen-bond donors (Lipinski definition) is 1. The van der Waals surface area contributed by atoms with E-state index in [1.807, 2.05) is 12.1 Å². The fourth-order valence-corrected chi connectivity index (χ4v) is 3.01. The van der Waals surface area contributed by atoms with E-state index in [2.05, 4.69) is 30.5 Å². The van der Waals surface area contributed by atoms with Crippen molar-refractivity contribution in [2.45, 2.75) is 38.6 Å². The standard InChI is InChI=1S/C16H24N2.2ClH/c1-3-10-18(11-4-2)14-8-9-15-13(12-14)6-5-7-16(15)17;;/h3,5-7,14H,1,4,8-12,17H2,2H3;2*1H. The Bertz CT molecular complexity index is 421. The number of hydrogen-bond acceptors (Lipinski definition) is 2. The van der Waals surface area contributed by atoms with Crippen molar-refractivity contribution in [3.05, 3.63) is 42.0 Å².